The zero-order valence-corrected chi connectivity index (χ0v) is 14.3. The lowest BCUT2D eigenvalue weighted by Gasteiger charge is -2.27. The van der Waals surface area contributed by atoms with Gasteiger partial charge in [-0.2, -0.15) is 11.8 Å². The maximum Gasteiger partial charge on any atom is 0.254 e. The van der Waals surface area contributed by atoms with Crippen LogP contribution in [0.3, 0.4) is 0 Å². The zero-order chi connectivity index (χ0) is 17.2. The van der Waals surface area contributed by atoms with Gasteiger partial charge in [0.1, 0.15) is 5.82 Å². The van der Waals surface area contributed by atoms with Gasteiger partial charge in [-0.05, 0) is 30.3 Å². The molecule has 1 saturated heterocycles. The van der Waals surface area contributed by atoms with Gasteiger partial charge in [-0.3, -0.25) is 9.78 Å². The zero-order valence-electron chi connectivity index (χ0n) is 13.5. The summed E-state index contributed by atoms with van der Waals surface area (Å²) < 4.78 is 13.7. The summed E-state index contributed by atoms with van der Waals surface area (Å²) in [5.74, 6) is 1.48. The van der Waals surface area contributed by atoms with Crippen LogP contribution in [0.2, 0.25) is 0 Å². The van der Waals surface area contributed by atoms with Crippen LogP contribution >= 0.6 is 11.8 Å². The van der Waals surface area contributed by atoms with Crippen molar-refractivity contribution in [2.24, 2.45) is 0 Å². The molecule has 4 rings (SSSR count). The Hall–Kier alpha value is -2.47. The standard InChI is InChI=1S/C19H16FN3OS/c20-13-4-5-14-15(19(24)23-7-9-25-10-8-23)12-18(22-17(14)11-13)16-3-1-2-6-21-16/h1-6,11-12H,7-10H2. The van der Waals surface area contributed by atoms with Gasteiger partial charge in [0.2, 0.25) is 0 Å². The predicted octanol–water partition coefficient (Wildman–Crippen LogP) is 3.62. The maximum absolute atomic E-state index is 13.7. The molecule has 0 spiro atoms. The molecule has 1 fully saturated rings. The van der Waals surface area contributed by atoms with Gasteiger partial charge in [-0.25, -0.2) is 9.37 Å². The van der Waals surface area contributed by atoms with Crippen LogP contribution in [0.15, 0.2) is 48.7 Å². The minimum Gasteiger partial charge on any atom is -0.337 e. The van der Waals surface area contributed by atoms with E-state index >= 15 is 0 Å². The third kappa shape index (κ3) is 3.22. The molecule has 0 N–H and O–H groups in total. The Bertz CT molecular complexity index is 927. The normalized spacial score (nSPS) is 14.7. The highest BCUT2D eigenvalue weighted by Gasteiger charge is 2.22. The highest BCUT2D eigenvalue weighted by molar-refractivity contribution is 7.99. The molecule has 126 valence electrons. The quantitative estimate of drug-likeness (QED) is 0.706. The summed E-state index contributed by atoms with van der Waals surface area (Å²) in [4.78, 5) is 23.7. The number of benzene rings is 1. The minimum atomic E-state index is -0.369. The van der Waals surface area contributed by atoms with E-state index in [0.29, 0.717) is 27.9 Å². The van der Waals surface area contributed by atoms with Crippen molar-refractivity contribution in [2.75, 3.05) is 24.6 Å². The van der Waals surface area contributed by atoms with Crippen LogP contribution in [0.4, 0.5) is 4.39 Å². The molecule has 6 heteroatoms. The number of carbonyl (C=O) groups is 1. The Morgan fingerprint density at radius 2 is 1.92 bits per heavy atom. The van der Waals surface area contributed by atoms with Crippen molar-refractivity contribution >= 4 is 28.6 Å². The van der Waals surface area contributed by atoms with Crippen molar-refractivity contribution in [3.63, 3.8) is 0 Å². The first-order valence-electron chi connectivity index (χ1n) is 8.11. The number of amides is 1. The van der Waals surface area contributed by atoms with Crippen molar-refractivity contribution in [1.29, 1.82) is 0 Å². The van der Waals surface area contributed by atoms with Crippen LogP contribution in [0, 0.1) is 5.82 Å². The largest absolute Gasteiger partial charge is 0.337 e. The average molecular weight is 353 g/mol. The average Bonchev–Trinajstić information content (AvgIpc) is 2.67. The van der Waals surface area contributed by atoms with Gasteiger partial charge in [0.05, 0.1) is 22.5 Å². The topological polar surface area (TPSA) is 46.1 Å². The Labute approximate surface area is 149 Å². The first-order valence-corrected chi connectivity index (χ1v) is 9.26. The van der Waals surface area contributed by atoms with E-state index < -0.39 is 0 Å². The van der Waals surface area contributed by atoms with Gasteiger partial charge in [-0.1, -0.05) is 6.07 Å². The van der Waals surface area contributed by atoms with Gasteiger partial charge in [-0.15, -0.1) is 0 Å². The third-order valence-corrected chi connectivity index (χ3v) is 5.17. The first kappa shape index (κ1) is 16.0. The molecule has 2 aromatic heterocycles. The molecule has 0 radical (unpaired) electrons. The molecule has 1 aliphatic heterocycles. The van der Waals surface area contributed by atoms with Crippen molar-refractivity contribution in [3.8, 4) is 11.4 Å². The monoisotopic (exact) mass is 353 g/mol. The number of nitrogens with zero attached hydrogens (tertiary/aromatic N) is 3. The van der Waals surface area contributed by atoms with E-state index in [1.807, 2.05) is 34.9 Å². The summed E-state index contributed by atoms with van der Waals surface area (Å²) in [6.07, 6.45) is 1.68. The molecular formula is C19H16FN3OS. The van der Waals surface area contributed by atoms with Crippen molar-refractivity contribution in [1.82, 2.24) is 14.9 Å². The number of fused-ring (bicyclic) bond motifs is 1. The van der Waals surface area contributed by atoms with Crippen LogP contribution in [0.25, 0.3) is 22.3 Å². The number of thioether (sulfide) groups is 1. The van der Waals surface area contributed by atoms with Crippen LogP contribution in [0.1, 0.15) is 10.4 Å². The van der Waals surface area contributed by atoms with Crippen LogP contribution in [-0.4, -0.2) is 45.4 Å². The molecule has 1 aliphatic rings. The Morgan fingerprint density at radius 3 is 2.68 bits per heavy atom. The van der Waals surface area contributed by atoms with E-state index in [1.165, 1.54) is 12.1 Å². The smallest absolute Gasteiger partial charge is 0.254 e. The molecule has 3 aromatic rings. The summed E-state index contributed by atoms with van der Waals surface area (Å²) in [5, 5.41) is 0.671. The predicted molar refractivity (Wildman–Crippen MR) is 98.2 cm³/mol. The molecule has 25 heavy (non-hydrogen) atoms. The number of halogens is 1. The van der Waals surface area contributed by atoms with E-state index in [4.69, 9.17) is 0 Å². The van der Waals surface area contributed by atoms with Crippen LogP contribution in [-0.2, 0) is 0 Å². The van der Waals surface area contributed by atoms with Gasteiger partial charge >= 0.3 is 0 Å². The van der Waals surface area contributed by atoms with Gasteiger partial charge in [0.25, 0.3) is 5.91 Å². The second-order valence-corrected chi connectivity index (χ2v) is 7.06. The number of aromatic nitrogens is 2. The highest BCUT2D eigenvalue weighted by atomic mass is 32.2. The summed E-state index contributed by atoms with van der Waals surface area (Å²) in [6.45, 7) is 1.46. The molecule has 3 heterocycles. The van der Waals surface area contributed by atoms with E-state index in [0.717, 1.165) is 24.6 Å². The molecule has 0 aliphatic carbocycles. The van der Waals surface area contributed by atoms with Crippen molar-refractivity contribution < 1.29 is 9.18 Å². The van der Waals surface area contributed by atoms with Gasteiger partial charge in [0.15, 0.2) is 0 Å². The Kier molecular flexibility index (Phi) is 4.36. The minimum absolute atomic E-state index is 0.0310. The number of hydrogen-bond donors (Lipinski definition) is 0. The lowest BCUT2D eigenvalue weighted by Crippen LogP contribution is -2.38. The second kappa shape index (κ2) is 6.80. The fraction of sp³-hybridized carbons (Fsp3) is 0.211. The van der Waals surface area contributed by atoms with E-state index in [-0.39, 0.29) is 11.7 Å². The molecule has 0 saturated carbocycles. The van der Waals surface area contributed by atoms with E-state index in [9.17, 15) is 9.18 Å². The number of hydrogen-bond acceptors (Lipinski definition) is 4. The molecule has 0 bridgehead atoms. The molecule has 0 atom stereocenters. The molecule has 1 amide bonds. The van der Waals surface area contributed by atoms with Crippen LogP contribution < -0.4 is 0 Å². The van der Waals surface area contributed by atoms with Crippen molar-refractivity contribution in [2.45, 2.75) is 0 Å². The lowest BCUT2D eigenvalue weighted by atomic mass is 10.0. The molecule has 4 nitrogen and oxygen atoms in total. The van der Waals surface area contributed by atoms with E-state index in [2.05, 4.69) is 9.97 Å². The number of carbonyl (C=O) groups excluding carboxylic acids is 1. The summed E-state index contributed by atoms with van der Waals surface area (Å²) in [5.41, 5.74) is 2.26. The number of pyridine rings is 2. The second-order valence-electron chi connectivity index (χ2n) is 5.84. The van der Waals surface area contributed by atoms with Gasteiger partial charge in [0, 0.05) is 42.2 Å². The molecule has 0 unspecified atom stereocenters. The highest BCUT2D eigenvalue weighted by Crippen LogP contribution is 2.26. The molecule has 1 aromatic carbocycles. The fourth-order valence-corrected chi connectivity index (χ4v) is 3.86. The summed E-state index contributed by atoms with van der Waals surface area (Å²) >= 11 is 1.85. The summed E-state index contributed by atoms with van der Waals surface area (Å²) in [7, 11) is 0. The Balaban J connectivity index is 1.87. The molecular weight excluding hydrogens is 337 g/mol. The number of rotatable bonds is 2. The summed E-state index contributed by atoms with van der Waals surface area (Å²) in [6, 6.07) is 11.7. The first-order chi connectivity index (χ1) is 12.2. The lowest BCUT2D eigenvalue weighted by molar-refractivity contribution is 0.0774. The fourth-order valence-electron chi connectivity index (χ4n) is 2.96. The van der Waals surface area contributed by atoms with Crippen molar-refractivity contribution in [3.05, 3.63) is 60.0 Å². The van der Waals surface area contributed by atoms with Crippen LogP contribution in [0.5, 0.6) is 0 Å². The van der Waals surface area contributed by atoms with Gasteiger partial charge < -0.3 is 4.90 Å². The SMILES string of the molecule is O=C(c1cc(-c2ccccn2)nc2cc(F)ccc12)N1CCSCC1. The maximum atomic E-state index is 13.7. The third-order valence-electron chi connectivity index (χ3n) is 4.23. The Morgan fingerprint density at radius 1 is 1.08 bits per heavy atom. The van der Waals surface area contributed by atoms with E-state index in [1.54, 1.807) is 18.3 Å².